The number of nitrogens with one attached hydrogen (secondary N) is 1. The van der Waals surface area contributed by atoms with Gasteiger partial charge in [0.05, 0.1) is 13.2 Å². The molecule has 2 aromatic carbocycles. The Balaban J connectivity index is 1.38. The second-order valence-corrected chi connectivity index (χ2v) is 8.08. The van der Waals surface area contributed by atoms with Crippen LogP contribution in [0.4, 0.5) is 4.79 Å². The minimum absolute atomic E-state index is 0.00555. The van der Waals surface area contributed by atoms with Gasteiger partial charge in [0.1, 0.15) is 6.10 Å². The summed E-state index contributed by atoms with van der Waals surface area (Å²) in [5.74, 6) is 0. The number of morpholine rings is 1. The molecule has 5 nitrogen and oxygen atoms in total. The molecular weight excluding hydrogens is 418 g/mol. The summed E-state index contributed by atoms with van der Waals surface area (Å²) in [5, 5.41) is 3.05. The minimum atomic E-state index is -0.0750. The summed E-state index contributed by atoms with van der Waals surface area (Å²) in [6.45, 7) is 4.31. The predicted molar refractivity (Wildman–Crippen MR) is 115 cm³/mol. The van der Waals surface area contributed by atoms with Crippen LogP contribution in [0.5, 0.6) is 0 Å². The Hall–Kier alpha value is -1.89. The first kappa shape index (κ1) is 20.8. The summed E-state index contributed by atoms with van der Waals surface area (Å²) in [6.07, 6.45) is 0.850. The van der Waals surface area contributed by atoms with Gasteiger partial charge in [0.25, 0.3) is 0 Å². The van der Waals surface area contributed by atoms with Gasteiger partial charge in [-0.2, -0.15) is 0 Å². The van der Waals surface area contributed by atoms with Crippen LogP contribution in [0, 0.1) is 0 Å². The number of hydrogen-bond acceptors (Lipinski definition) is 3. The molecule has 0 spiro atoms. The van der Waals surface area contributed by atoms with Crippen LogP contribution < -0.4 is 5.32 Å². The minimum Gasteiger partial charge on any atom is -0.370 e. The number of carbonyl (C=O) groups excluding carboxylic acids is 1. The monoisotopic (exact) mass is 445 g/mol. The second kappa shape index (κ2) is 10.6. The smallest absolute Gasteiger partial charge is 0.317 e. The molecule has 1 heterocycles. The fourth-order valence-electron chi connectivity index (χ4n) is 3.37. The van der Waals surface area contributed by atoms with Crippen molar-refractivity contribution in [1.82, 2.24) is 15.1 Å². The van der Waals surface area contributed by atoms with Crippen molar-refractivity contribution < 1.29 is 9.53 Å². The van der Waals surface area contributed by atoms with E-state index < -0.39 is 0 Å². The van der Waals surface area contributed by atoms with E-state index in [1.807, 2.05) is 29.2 Å². The summed E-state index contributed by atoms with van der Waals surface area (Å²) < 4.78 is 6.89. The number of halogens is 1. The van der Waals surface area contributed by atoms with Crippen LogP contribution in [0.3, 0.4) is 0 Å². The average Bonchev–Trinajstić information content (AvgIpc) is 2.72. The molecule has 1 aliphatic heterocycles. The van der Waals surface area contributed by atoms with Crippen LogP contribution in [0.15, 0.2) is 59.1 Å². The number of rotatable bonds is 7. The van der Waals surface area contributed by atoms with Crippen molar-refractivity contribution in [3.63, 3.8) is 0 Å². The lowest BCUT2D eigenvalue weighted by molar-refractivity contribution is -0.0154. The zero-order valence-electron chi connectivity index (χ0n) is 16.3. The van der Waals surface area contributed by atoms with E-state index in [4.69, 9.17) is 4.74 Å². The Morgan fingerprint density at radius 2 is 2.07 bits per heavy atom. The zero-order valence-corrected chi connectivity index (χ0v) is 17.9. The molecule has 1 saturated heterocycles. The van der Waals surface area contributed by atoms with Crippen LogP contribution in [0.25, 0.3) is 0 Å². The molecule has 0 bridgehead atoms. The standard InChI is InChI=1S/C22H28BrN3O2/c1-25(16-18-7-3-2-4-8-18)12-6-11-24-22(27)26-13-14-28-21(17-26)19-9-5-10-20(23)15-19/h2-5,7-10,15,21H,6,11-14,16-17H2,1H3,(H,24,27). The maximum absolute atomic E-state index is 12.5. The van der Waals surface area contributed by atoms with Gasteiger partial charge >= 0.3 is 6.03 Å². The number of benzene rings is 2. The lowest BCUT2D eigenvalue weighted by atomic mass is 10.1. The first-order valence-corrected chi connectivity index (χ1v) is 10.5. The van der Waals surface area contributed by atoms with E-state index in [0.29, 0.717) is 26.2 Å². The van der Waals surface area contributed by atoms with Gasteiger partial charge in [-0.25, -0.2) is 4.79 Å². The molecule has 28 heavy (non-hydrogen) atoms. The summed E-state index contributed by atoms with van der Waals surface area (Å²) >= 11 is 3.49. The normalized spacial score (nSPS) is 17.0. The van der Waals surface area contributed by atoms with Gasteiger partial charge in [0.2, 0.25) is 0 Å². The average molecular weight is 446 g/mol. The van der Waals surface area contributed by atoms with Gasteiger partial charge in [0.15, 0.2) is 0 Å². The highest BCUT2D eigenvalue weighted by Crippen LogP contribution is 2.24. The molecule has 0 aliphatic carbocycles. The number of nitrogens with zero attached hydrogens (tertiary/aromatic N) is 2. The van der Waals surface area contributed by atoms with E-state index in [0.717, 1.165) is 29.5 Å². The zero-order chi connectivity index (χ0) is 19.8. The first-order chi connectivity index (χ1) is 13.6. The molecule has 2 amide bonds. The van der Waals surface area contributed by atoms with E-state index in [1.54, 1.807) is 0 Å². The van der Waals surface area contributed by atoms with Crippen molar-refractivity contribution in [2.75, 3.05) is 39.8 Å². The maximum Gasteiger partial charge on any atom is 0.317 e. The number of carbonyl (C=O) groups is 1. The first-order valence-electron chi connectivity index (χ1n) is 9.74. The van der Waals surface area contributed by atoms with E-state index in [1.165, 1.54) is 5.56 Å². The molecule has 1 fully saturated rings. The van der Waals surface area contributed by atoms with Gasteiger partial charge in [-0.1, -0.05) is 58.4 Å². The van der Waals surface area contributed by atoms with Crippen LogP contribution in [-0.4, -0.2) is 55.7 Å². The molecule has 1 N–H and O–H groups in total. The molecule has 3 rings (SSSR count). The highest BCUT2D eigenvalue weighted by Gasteiger charge is 2.25. The Bertz CT molecular complexity index is 756. The van der Waals surface area contributed by atoms with Crippen molar-refractivity contribution in [3.8, 4) is 0 Å². The van der Waals surface area contributed by atoms with E-state index in [9.17, 15) is 4.79 Å². The molecular formula is C22H28BrN3O2. The lowest BCUT2D eigenvalue weighted by Gasteiger charge is -2.33. The highest BCUT2D eigenvalue weighted by atomic mass is 79.9. The third-order valence-corrected chi connectivity index (χ3v) is 5.36. The number of amides is 2. The SMILES string of the molecule is CN(CCCNC(=O)N1CCOC(c2cccc(Br)c2)C1)Cc1ccccc1. The maximum atomic E-state index is 12.5. The fourth-order valence-corrected chi connectivity index (χ4v) is 3.79. The number of urea groups is 1. The quantitative estimate of drug-likeness (QED) is 0.653. The molecule has 6 heteroatoms. The van der Waals surface area contributed by atoms with Crippen LogP contribution in [0.2, 0.25) is 0 Å². The van der Waals surface area contributed by atoms with E-state index in [2.05, 4.69) is 63.5 Å². The summed E-state index contributed by atoms with van der Waals surface area (Å²) in [6, 6.07) is 18.5. The molecule has 2 aromatic rings. The lowest BCUT2D eigenvalue weighted by Crippen LogP contribution is -2.47. The van der Waals surface area contributed by atoms with Crippen molar-refractivity contribution in [2.45, 2.75) is 19.1 Å². The largest absolute Gasteiger partial charge is 0.370 e. The third kappa shape index (κ3) is 6.33. The van der Waals surface area contributed by atoms with Crippen molar-refractivity contribution >= 4 is 22.0 Å². The van der Waals surface area contributed by atoms with Gasteiger partial charge in [-0.05, 0) is 43.3 Å². The number of ether oxygens (including phenoxy) is 1. The Morgan fingerprint density at radius 1 is 1.25 bits per heavy atom. The van der Waals surface area contributed by atoms with Crippen LogP contribution >= 0.6 is 15.9 Å². The molecule has 0 radical (unpaired) electrons. The summed E-state index contributed by atoms with van der Waals surface area (Å²) in [7, 11) is 2.11. The Morgan fingerprint density at radius 3 is 2.86 bits per heavy atom. The topological polar surface area (TPSA) is 44.8 Å². The van der Waals surface area contributed by atoms with Gasteiger partial charge in [-0.15, -0.1) is 0 Å². The van der Waals surface area contributed by atoms with Gasteiger partial charge in [0, 0.05) is 24.1 Å². The summed E-state index contributed by atoms with van der Waals surface area (Å²) in [5.41, 5.74) is 2.40. The second-order valence-electron chi connectivity index (χ2n) is 7.17. The molecule has 0 aromatic heterocycles. The van der Waals surface area contributed by atoms with Gasteiger partial charge < -0.3 is 19.9 Å². The molecule has 0 saturated carbocycles. The molecule has 1 aliphatic rings. The van der Waals surface area contributed by atoms with Crippen molar-refractivity contribution in [2.24, 2.45) is 0 Å². The predicted octanol–water partition coefficient (Wildman–Crippen LogP) is 4.05. The third-order valence-electron chi connectivity index (χ3n) is 4.86. The molecule has 1 unspecified atom stereocenters. The van der Waals surface area contributed by atoms with Crippen LogP contribution in [0.1, 0.15) is 23.7 Å². The van der Waals surface area contributed by atoms with Gasteiger partial charge in [-0.3, -0.25) is 0 Å². The fraction of sp³-hybridized carbons (Fsp3) is 0.409. The summed E-state index contributed by atoms with van der Waals surface area (Å²) in [4.78, 5) is 16.6. The number of hydrogen-bond donors (Lipinski definition) is 1. The Labute approximate surface area is 175 Å². The Kier molecular flexibility index (Phi) is 7.89. The highest BCUT2D eigenvalue weighted by molar-refractivity contribution is 9.10. The van der Waals surface area contributed by atoms with Crippen LogP contribution in [-0.2, 0) is 11.3 Å². The van der Waals surface area contributed by atoms with Crippen molar-refractivity contribution in [1.29, 1.82) is 0 Å². The molecule has 150 valence electrons. The van der Waals surface area contributed by atoms with E-state index >= 15 is 0 Å². The van der Waals surface area contributed by atoms with Crippen molar-refractivity contribution in [3.05, 3.63) is 70.2 Å². The van der Waals surface area contributed by atoms with E-state index in [-0.39, 0.29) is 12.1 Å². The molecule has 1 atom stereocenters.